The van der Waals surface area contributed by atoms with Gasteiger partial charge in [-0.1, -0.05) is 6.92 Å². The Morgan fingerprint density at radius 2 is 2.22 bits per heavy atom. The lowest BCUT2D eigenvalue weighted by Gasteiger charge is -2.31. The molecule has 1 aliphatic carbocycles. The van der Waals surface area contributed by atoms with Gasteiger partial charge in [0.1, 0.15) is 5.82 Å². The van der Waals surface area contributed by atoms with Crippen molar-refractivity contribution in [1.29, 1.82) is 0 Å². The van der Waals surface area contributed by atoms with E-state index in [0.29, 0.717) is 11.9 Å². The first-order valence-corrected chi connectivity index (χ1v) is 7.16. The van der Waals surface area contributed by atoms with Gasteiger partial charge in [0.2, 0.25) is 5.95 Å². The number of aliphatic hydroxyl groups is 1. The molecule has 0 radical (unpaired) electrons. The van der Waals surface area contributed by atoms with Crippen LogP contribution in [0.4, 0.5) is 11.8 Å². The van der Waals surface area contributed by atoms with Crippen molar-refractivity contribution in [1.82, 2.24) is 9.97 Å². The van der Waals surface area contributed by atoms with Gasteiger partial charge in [0, 0.05) is 19.3 Å². The van der Waals surface area contributed by atoms with Crippen LogP contribution < -0.4 is 10.6 Å². The molecule has 100 valence electrons. The Balaban J connectivity index is 1.89. The number of anilines is 2. The number of nitrogens with one attached hydrogen (secondary N) is 2. The highest BCUT2D eigenvalue weighted by molar-refractivity contribution is 9.10. The summed E-state index contributed by atoms with van der Waals surface area (Å²) in [5.74, 6) is 2.01. The van der Waals surface area contributed by atoms with E-state index in [4.69, 9.17) is 0 Å². The van der Waals surface area contributed by atoms with Crippen LogP contribution in [-0.2, 0) is 0 Å². The van der Waals surface area contributed by atoms with Crippen molar-refractivity contribution < 1.29 is 5.11 Å². The maximum Gasteiger partial charge on any atom is 0.224 e. The van der Waals surface area contributed by atoms with E-state index >= 15 is 0 Å². The second-order valence-electron chi connectivity index (χ2n) is 4.69. The van der Waals surface area contributed by atoms with Crippen molar-refractivity contribution in [3.63, 3.8) is 0 Å². The van der Waals surface area contributed by atoms with Gasteiger partial charge in [-0.25, -0.2) is 4.98 Å². The summed E-state index contributed by atoms with van der Waals surface area (Å²) in [6.07, 6.45) is 4.46. The van der Waals surface area contributed by atoms with Crippen LogP contribution in [0.15, 0.2) is 10.7 Å². The number of hydrogen-bond donors (Lipinski definition) is 3. The fourth-order valence-electron chi connectivity index (χ4n) is 1.92. The summed E-state index contributed by atoms with van der Waals surface area (Å²) in [7, 11) is 0. The molecule has 0 bridgehead atoms. The lowest BCUT2D eigenvalue weighted by Crippen LogP contribution is -2.33. The molecule has 5 nitrogen and oxygen atoms in total. The summed E-state index contributed by atoms with van der Waals surface area (Å²) < 4.78 is 0.865. The Morgan fingerprint density at radius 1 is 1.44 bits per heavy atom. The van der Waals surface area contributed by atoms with Crippen molar-refractivity contribution >= 4 is 27.7 Å². The van der Waals surface area contributed by atoms with E-state index in [2.05, 4.69) is 43.5 Å². The van der Waals surface area contributed by atoms with E-state index in [9.17, 15) is 5.11 Å². The first-order valence-electron chi connectivity index (χ1n) is 6.37. The molecule has 18 heavy (non-hydrogen) atoms. The third kappa shape index (κ3) is 3.55. The zero-order valence-corrected chi connectivity index (χ0v) is 12.1. The van der Waals surface area contributed by atoms with Crippen molar-refractivity contribution in [2.45, 2.75) is 32.3 Å². The number of rotatable bonds is 6. The Labute approximate surface area is 116 Å². The fourth-order valence-corrected chi connectivity index (χ4v) is 2.25. The van der Waals surface area contributed by atoms with E-state index in [1.165, 1.54) is 0 Å². The molecule has 3 N–H and O–H groups in total. The Morgan fingerprint density at radius 3 is 2.89 bits per heavy atom. The number of nitrogens with zero attached hydrogens (tertiary/aromatic N) is 2. The third-order valence-corrected chi connectivity index (χ3v) is 3.63. The summed E-state index contributed by atoms with van der Waals surface area (Å²) in [5.41, 5.74) is 0. The normalized spacial score (nSPS) is 22.4. The molecular weight excluding hydrogens is 296 g/mol. The summed E-state index contributed by atoms with van der Waals surface area (Å²) in [6.45, 7) is 3.82. The SMILES string of the molecule is CCCNc1ncc(Br)c(NCC2CC(O)C2)n1. The van der Waals surface area contributed by atoms with E-state index in [1.807, 2.05) is 0 Å². The smallest absolute Gasteiger partial charge is 0.224 e. The highest BCUT2D eigenvalue weighted by Gasteiger charge is 2.26. The zero-order valence-electron chi connectivity index (χ0n) is 10.5. The molecule has 0 atom stereocenters. The summed E-state index contributed by atoms with van der Waals surface area (Å²) in [4.78, 5) is 8.62. The largest absolute Gasteiger partial charge is 0.393 e. The second kappa shape index (κ2) is 6.33. The maximum atomic E-state index is 9.24. The molecule has 1 saturated carbocycles. The quantitative estimate of drug-likeness (QED) is 0.751. The molecule has 0 aliphatic heterocycles. The first kappa shape index (κ1) is 13.5. The molecule has 1 aromatic heterocycles. The van der Waals surface area contributed by atoms with Gasteiger partial charge in [-0.05, 0) is 41.1 Å². The van der Waals surface area contributed by atoms with Crippen LogP contribution >= 0.6 is 15.9 Å². The van der Waals surface area contributed by atoms with Gasteiger partial charge in [-0.3, -0.25) is 0 Å². The molecule has 1 heterocycles. The minimum absolute atomic E-state index is 0.104. The first-order chi connectivity index (χ1) is 8.69. The minimum Gasteiger partial charge on any atom is -0.393 e. The molecule has 1 fully saturated rings. The topological polar surface area (TPSA) is 70.1 Å². The average Bonchev–Trinajstić information content (AvgIpc) is 2.33. The lowest BCUT2D eigenvalue weighted by molar-refractivity contribution is 0.0486. The highest BCUT2D eigenvalue weighted by Crippen LogP contribution is 2.28. The van der Waals surface area contributed by atoms with Crippen LogP contribution in [0.2, 0.25) is 0 Å². The van der Waals surface area contributed by atoms with E-state index in [-0.39, 0.29) is 6.10 Å². The lowest BCUT2D eigenvalue weighted by atomic mass is 9.82. The molecule has 2 rings (SSSR count). The number of aliphatic hydroxyl groups excluding tert-OH is 1. The zero-order chi connectivity index (χ0) is 13.0. The molecular formula is C12H19BrN4O. The van der Waals surface area contributed by atoms with Crippen molar-refractivity contribution in [2.24, 2.45) is 5.92 Å². The van der Waals surface area contributed by atoms with Crippen LogP contribution in [-0.4, -0.2) is 34.3 Å². The predicted octanol–water partition coefficient (Wildman–Crippen LogP) is 2.24. The third-order valence-electron chi connectivity index (χ3n) is 3.05. The fraction of sp³-hybridized carbons (Fsp3) is 0.667. The van der Waals surface area contributed by atoms with Gasteiger partial charge in [0.25, 0.3) is 0 Å². The average molecular weight is 315 g/mol. The second-order valence-corrected chi connectivity index (χ2v) is 5.54. The van der Waals surface area contributed by atoms with Crippen LogP contribution in [0, 0.1) is 5.92 Å². The molecule has 6 heteroatoms. The summed E-state index contributed by atoms with van der Waals surface area (Å²) in [5, 5.41) is 15.7. The maximum absolute atomic E-state index is 9.24. The van der Waals surface area contributed by atoms with Gasteiger partial charge in [-0.2, -0.15) is 4.98 Å². The number of aromatic nitrogens is 2. The van der Waals surface area contributed by atoms with Crippen molar-refractivity contribution in [2.75, 3.05) is 23.7 Å². The van der Waals surface area contributed by atoms with E-state index in [1.54, 1.807) is 6.20 Å². The minimum atomic E-state index is -0.104. The van der Waals surface area contributed by atoms with Gasteiger partial charge >= 0.3 is 0 Å². The van der Waals surface area contributed by atoms with Gasteiger partial charge in [-0.15, -0.1) is 0 Å². The van der Waals surface area contributed by atoms with Gasteiger partial charge < -0.3 is 15.7 Å². The molecule has 1 aromatic rings. The van der Waals surface area contributed by atoms with Gasteiger partial charge in [0.05, 0.1) is 10.6 Å². The van der Waals surface area contributed by atoms with Crippen LogP contribution in [0.1, 0.15) is 26.2 Å². The summed E-state index contributed by atoms with van der Waals surface area (Å²) >= 11 is 3.44. The molecule has 1 aliphatic rings. The molecule has 0 amide bonds. The summed E-state index contributed by atoms with van der Waals surface area (Å²) in [6, 6.07) is 0. The van der Waals surface area contributed by atoms with Crippen LogP contribution in [0.25, 0.3) is 0 Å². The van der Waals surface area contributed by atoms with E-state index < -0.39 is 0 Å². The molecule has 0 spiro atoms. The monoisotopic (exact) mass is 314 g/mol. The molecule has 0 saturated heterocycles. The Kier molecular flexibility index (Phi) is 4.77. The number of halogens is 1. The molecule has 0 unspecified atom stereocenters. The molecule has 0 aromatic carbocycles. The van der Waals surface area contributed by atoms with Crippen LogP contribution in [0.5, 0.6) is 0 Å². The Hall–Kier alpha value is -0.880. The highest BCUT2D eigenvalue weighted by atomic mass is 79.9. The van der Waals surface area contributed by atoms with E-state index in [0.717, 1.165) is 42.6 Å². The van der Waals surface area contributed by atoms with Crippen LogP contribution in [0.3, 0.4) is 0 Å². The van der Waals surface area contributed by atoms with Gasteiger partial charge in [0.15, 0.2) is 0 Å². The Bertz CT molecular complexity index is 396. The van der Waals surface area contributed by atoms with Crippen molar-refractivity contribution in [3.8, 4) is 0 Å². The predicted molar refractivity (Wildman–Crippen MR) is 75.7 cm³/mol. The standard InChI is InChI=1S/C12H19BrN4O/c1-2-3-14-12-16-7-10(13)11(17-12)15-6-8-4-9(18)5-8/h7-9,18H,2-6H2,1H3,(H2,14,15,16,17). The van der Waals surface area contributed by atoms with Crippen molar-refractivity contribution in [3.05, 3.63) is 10.7 Å². The number of hydrogen-bond acceptors (Lipinski definition) is 5.